The number of benzene rings is 1. The van der Waals surface area contributed by atoms with Crippen LogP contribution in [0.1, 0.15) is 5.82 Å². The van der Waals surface area contributed by atoms with Crippen LogP contribution in [-0.2, 0) is 20.6 Å². The Kier molecular flexibility index (Phi) is 3.20. The molecule has 0 saturated carbocycles. The van der Waals surface area contributed by atoms with Crippen LogP contribution in [0.25, 0.3) is 11.4 Å². The maximum Gasteiger partial charge on any atom is 0.165 e. The molecule has 0 spiro atoms. The van der Waals surface area contributed by atoms with E-state index in [-0.39, 0.29) is 0 Å². The van der Waals surface area contributed by atoms with Gasteiger partial charge in [0, 0.05) is 37.7 Å². The summed E-state index contributed by atoms with van der Waals surface area (Å²) in [5.74, 6) is 1.82. The third-order valence-electron chi connectivity index (χ3n) is 3.24. The molecule has 1 aromatic carbocycles. The van der Waals surface area contributed by atoms with Gasteiger partial charge in [-0.05, 0) is 12.1 Å². The monoisotopic (exact) mass is 268 g/mol. The summed E-state index contributed by atoms with van der Waals surface area (Å²) in [4.78, 5) is 4.31. The fraction of sp³-hybridized carbons (Fsp3) is 0.214. The van der Waals surface area contributed by atoms with Crippen LogP contribution in [0.15, 0.2) is 43.0 Å². The number of hydrogen-bond acceptors (Lipinski definition) is 4. The van der Waals surface area contributed by atoms with Crippen LogP contribution in [-0.4, -0.2) is 24.3 Å². The fourth-order valence-electron chi connectivity index (χ4n) is 2.10. The number of hydrogen-bond donors (Lipinski definition) is 1. The summed E-state index contributed by atoms with van der Waals surface area (Å²) < 4.78 is 3.90. The molecule has 1 N–H and O–H groups in total. The van der Waals surface area contributed by atoms with Gasteiger partial charge in [0.25, 0.3) is 0 Å². The molecule has 0 fully saturated rings. The smallest absolute Gasteiger partial charge is 0.165 e. The highest BCUT2D eigenvalue weighted by atomic mass is 15.2. The molecule has 0 aliphatic rings. The van der Waals surface area contributed by atoms with Crippen molar-refractivity contribution in [3.05, 3.63) is 48.8 Å². The zero-order valence-corrected chi connectivity index (χ0v) is 11.5. The topological polar surface area (TPSA) is 60.6 Å². The van der Waals surface area contributed by atoms with Crippen molar-refractivity contribution in [2.45, 2.75) is 6.54 Å². The van der Waals surface area contributed by atoms with E-state index in [1.165, 1.54) is 0 Å². The van der Waals surface area contributed by atoms with E-state index in [2.05, 4.69) is 20.5 Å². The molecular formula is C14H16N6. The average Bonchev–Trinajstić information content (AvgIpc) is 3.06. The standard InChI is InChI=1S/C14H16N6/c1-19-8-7-15-13(19)9-16-12-6-4-3-5-11(12)14-18-17-10-20(14)2/h3-8,10,16H,9H2,1-2H3. The number of nitrogens with one attached hydrogen (secondary N) is 1. The lowest BCUT2D eigenvalue weighted by atomic mass is 10.1. The Labute approximate surface area is 117 Å². The van der Waals surface area contributed by atoms with Gasteiger partial charge in [0.05, 0.1) is 6.54 Å². The van der Waals surface area contributed by atoms with Crippen molar-refractivity contribution in [1.29, 1.82) is 0 Å². The van der Waals surface area contributed by atoms with Crippen molar-refractivity contribution in [1.82, 2.24) is 24.3 Å². The number of aromatic nitrogens is 5. The molecule has 102 valence electrons. The highest BCUT2D eigenvalue weighted by Crippen LogP contribution is 2.25. The normalized spacial score (nSPS) is 10.7. The second-order valence-electron chi connectivity index (χ2n) is 4.62. The first kappa shape index (κ1) is 12.4. The van der Waals surface area contributed by atoms with Crippen LogP contribution < -0.4 is 5.32 Å². The number of imidazole rings is 1. The molecule has 0 aliphatic heterocycles. The summed E-state index contributed by atoms with van der Waals surface area (Å²) >= 11 is 0. The number of nitrogens with zero attached hydrogens (tertiary/aromatic N) is 5. The lowest BCUT2D eigenvalue weighted by Crippen LogP contribution is -2.07. The number of para-hydroxylation sites is 1. The van der Waals surface area contributed by atoms with Gasteiger partial charge in [-0.15, -0.1) is 10.2 Å². The van der Waals surface area contributed by atoms with Gasteiger partial charge >= 0.3 is 0 Å². The van der Waals surface area contributed by atoms with Gasteiger partial charge < -0.3 is 14.5 Å². The van der Waals surface area contributed by atoms with Gasteiger partial charge in [-0.1, -0.05) is 12.1 Å². The first-order valence-electron chi connectivity index (χ1n) is 6.39. The van der Waals surface area contributed by atoms with E-state index in [0.29, 0.717) is 6.54 Å². The van der Waals surface area contributed by atoms with Crippen molar-refractivity contribution in [3.63, 3.8) is 0 Å². The van der Waals surface area contributed by atoms with Crippen molar-refractivity contribution >= 4 is 5.69 Å². The summed E-state index contributed by atoms with van der Waals surface area (Å²) in [5.41, 5.74) is 2.05. The third kappa shape index (κ3) is 2.27. The molecule has 3 rings (SSSR count). The van der Waals surface area contributed by atoms with Gasteiger partial charge in [-0.2, -0.15) is 0 Å². The lowest BCUT2D eigenvalue weighted by Gasteiger charge is -2.11. The van der Waals surface area contributed by atoms with Gasteiger partial charge in [-0.3, -0.25) is 0 Å². The van der Waals surface area contributed by atoms with E-state index >= 15 is 0 Å². The zero-order valence-electron chi connectivity index (χ0n) is 11.5. The second-order valence-corrected chi connectivity index (χ2v) is 4.62. The maximum atomic E-state index is 4.31. The Morgan fingerprint density at radius 3 is 2.70 bits per heavy atom. The Morgan fingerprint density at radius 2 is 2.00 bits per heavy atom. The molecule has 6 heteroatoms. The SMILES string of the molecule is Cn1ccnc1CNc1ccccc1-c1nncn1C. The van der Waals surface area contributed by atoms with Crippen molar-refractivity contribution in [2.75, 3.05) is 5.32 Å². The molecule has 0 unspecified atom stereocenters. The lowest BCUT2D eigenvalue weighted by molar-refractivity contribution is 0.813. The quantitative estimate of drug-likeness (QED) is 0.784. The van der Waals surface area contributed by atoms with E-state index in [0.717, 1.165) is 22.9 Å². The van der Waals surface area contributed by atoms with Crippen LogP contribution >= 0.6 is 0 Å². The van der Waals surface area contributed by atoms with E-state index in [1.54, 1.807) is 12.5 Å². The highest BCUT2D eigenvalue weighted by Gasteiger charge is 2.10. The van der Waals surface area contributed by atoms with E-state index < -0.39 is 0 Å². The third-order valence-corrected chi connectivity index (χ3v) is 3.24. The van der Waals surface area contributed by atoms with Gasteiger partial charge in [0.1, 0.15) is 12.2 Å². The van der Waals surface area contributed by atoms with Crippen molar-refractivity contribution < 1.29 is 0 Å². The van der Waals surface area contributed by atoms with Crippen LogP contribution in [0.4, 0.5) is 5.69 Å². The summed E-state index contributed by atoms with van der Waals surface area (Å²) in [6.07, 6.45) is 5.43. The Morgan fingerprint density at radius 1 is 1.15 bits per heavy atom. The number of anilines is 1. The molecule has 2 aromatic heterocycles. The molecular weight excluding hydrogens is 252 g/mol. The predicted octanol–water partition coefficient (Wildman–Crippen LogP) is 1.83. The molecule has 0 saturated heterocycles. The van der Waals surface area contributed by atoms with Gasteiger partial charge in [0.15, 0.2) is 5.82 Å². The molecule has 0 bridgehead atoms. The minimum absolute atomic E-state index is 0.665. The second kappa shape index (κ2) is 5.16. The van der Waals surface area contributed by atoms with Crippen LogP contribution in [0.3, 0.4) is 0 Å². The molecule has 6 nitrogen and oxygen atoms in total. The molecule has 0 radical (unpaired) electrons. The average molecular weight is 268 g/mol. The number of rotatable bonds is 4. The Bertz CT molecular complexity index is 712. The molecule has 0 atom stereocenters. The van der Waals surface area contributed by atoms with Crippen LogP contribution in [0, 0.1) is 0 Å². The molecule has 20 heavy (non-hydrogen) atoms. The summed E-state index contributed by atoms with van der Waals surface area (Å²) in [5, 5.41) is 11.5. The van der Waals surface area contributed by atoms with Crippen LogP contribution in [0.2, 0.25) is 0 Å². The Hall–Kier alpha value is -2.63. The highest BCUT2D eigenvalue weighted by molar-refractivity contribution is 5.73. The number of aryl methyl sites for hydroxylation is 2. The minimum Gasteiger partial charge on any atom is -0.377 e. The van der Waals surface area contributed by atoms with E-state index in [4.69, 9.17) is 0 Å². The first-order chi connectivity index (χ1) is 9.75. The van der Waals surface area contributed by atoms with E-state index in [9.17, 15) is 0 Å². The van der Waals surface area contributed by atoms with Gasteiger partial charge in [0.2, 0.25) is 0 Å². The van der Waals surface area contributed by atoms with Crippen molar-refractivity contribution in [2.24, 2.45) is 14.1 Å². The first-order valence-corrected chi connectivity index (χ1v) is 6.39. The molecule has 2 heterocycles. The van der Waals surface area contributed by atoms with E-state index in [1.807, 2.05) is 53.7 Å². The van der Waals surface area contributed by atoms with Gasteiger partial charge in [-0.25, -0.2) is 4.98 Å². The van der Waals surface area contributed by atoms with Crippen molar-refractivity contribution in [3.8, 4) is 11.4 Å². The maximum absolute atomic E-state index is 4.31. The summed E-state index contributed by atoms with van der Waals surface area (Å²) in [7, 11) is 3.92. The van der Waals surface area contributed by atoms with Crippen LogP contribution in [0.5, 0.6) is 0 Å². The molecule has 3 aromatic rings. The Balaban J connectivity index is 1.87. The minimum atomic E-state index is 0.665. The largest absolute Gasteiger partial charge is 0.377 e. The zero-order chi connectivity index (χ0) is 13.9. The molecule has 0 amide bonds. The summed E-state index contributed by atoms with van der Waals surface area (Å²) in [6, 6.07) is 8.06. The predicted molar refractivity (Wildman–Crippen MR) is 77.0 cm³/mol. The summed E-state index contributed by atoms with van der Waals surface area (Å²) in [6.45, 7) is 0.665. The molecule has 0 aliphatic carbocycles. The fourth-order valence-corrected chi connectivity index (χ4v) is 2.10.